The van der Waals surface area contributed by atoms with Gasteiger partial charge in [-0.05, 0) is 30.7 Å². The highest BCUT2D eigenvalue weighted by atomic mass is 16.5. The number of carbonyl (C=O) groups is 2. The molecule has 1 aliphatic heterocycles. The van der Waals surface area contributed by atoms with E-state index in [1.807, 2.05) is 6.92 Å². The van der Waals surface area contributed by atoms with Crippen LogP contribution in [-0.2, 0) is 9.53 Å². The number of rotatable bonds is 7. The van der Waals surface area contributed by atoms with E-state index in [0.29, 0.717) is 17.7 Å². The number of hydrogen-bond donors (Lipinski definition) is 1. The zero-order valence-electron chi connectivity index (χ0n) is 19.9. The topological polar surface area (TPSA) is 116 Å². The van der Waals surface area contributed by atoms with Gasteiger partial charge in [-0.1, -0.05) is 19.1 Å². The zero-order chi connectivity index (χ0) is 24.8. The van der Waals surface area contributed by atoms with Gasteiger partial charge in [-0.3, -0.25) is 9.59 Å². The van der Waals surface area contributed by atoms with Gasteiger partial charge in [-0.2, -0.15) is 5.26 Å². The number of nitrogens with zero attached hydrogens (tertiary/aromatic N) is 4. The third-order valence-corrected chi connectivity index (χ3v) is 6.02. The molecule has 2 aromatic rings. The van der Waals surface area contributed by atoms with Crippen LogP contribution >= 0.6 is 0 Å². The molecular formula is C25H30N4O5. The first kappa shape index (κ1) is 25.1. The Morgan fingerprint density at radius 1 is 1.38 bits per heavy atom. The fourth-order valence-electron chi connectivity index (χ4n) is 3.82. The van der Waals surface area contributed by atoms with Gasteiger partial charge in [0.15, 0.2) is 0 Å². The number of aliphatic hydroxyl groups is 1. The molecule has 0 unspecified atom stereocenters. The normalized spacial score (nSPS) is 18.7. The number of amides is 2. The van der Waals surface area contributed by atoms with Gasteiger partial charge in [0.2, 0.25) is 11.8 Å². The maximum absolute atomic E-state index is 13.5. The van der Waals surface area contributed by atoms with Crippen LogP contribution in [0.4, 0.5) is 0 Å². The van der Waals surface area contributed by atoms with E-state index in [2.05, 4.69) is 11.1 Å². The molecule has 2 amide bonds. The van der Waals surface area contributed by atoms with Gasteiger partial charge < -0.3 is 24.4 Å². The van der Waals surface area contributed by atoms with Crippen molar-refractivity contribution in [2.75, 3.05) is 40.5 Å². The molecule has 3 rings (SSSR count). The van der Waals surface area contributed by atoms with Crippen molar-refractivity contribution in [3.8, 4) is 23.1 Å². The van der Waals surface area contributed by atoms with E-state index >= 15 is 0 Å². The maximum atomic E-state index is 13.5. The summed E-state index contributed by atoms with van der Waals surface area (Å²) in [5.41, 5.74) is 2.33. The monoisotopic (exact) mass is 466 g/mol. The average molecular weight is 467 g/mol. The third kappa shape index (κ3) is 5.53. The van der Waals surface area contributed by atoms with E-state index in [4.69, 9.17) is 14.7 Å². The number of methoxy groups -OCH3 is 1. The minimum atomic E-state index is -0.431. The van der Waals surface area contributed by atoms with Crippen LogP contribution in [0.2, 0.25) is 0 Å². The number of nitriles is 1. The van der Waals surface area contributed by atoms with Gasteiger partial charge in [0, 0.05) is 38.4 Å². The molecule has 0 saturated heterocycles. The Kier molecular flexibility index (Phi) is 8.21. The first-order valence-corrected chi connectivity index (χ1v) is 11.1. The Bertz CT molecular complexity index is 1070. The molecule has 0 saturated carbocycles. The number of benzene rings is 1. The number of ether oxygens (including phenoxy) is 2. The second-order valence-corrected chi connectivity index (χ2v) is 8.60. The van der Waals surface area contributed by atoms with Crippen LogP contribution in [0.25, 0.3) is 11.1 Å². The summed E-state index contributed by atoms with van der Waals surface area (Å²) < 4.78 is 11.2. The highest BCUT2D eigenvalue weighted by Crippen LogP contribution is 2.30. The SMILES string of the molecule is COCC(=O)N(C)C[C@@H]1Oc2ncc(-c3ccc(C#N)cc3)cc2C(=O)N([C@H](C)CO)C[C@@H]1C. The minimum Gasteiger partial charge on any atom is -0.472 e. The van der Waals surface area contributed by atoms with Crippen molar-refractivity contribution >= 4 is 11.8 Å². The van der Waals surface area contributed by atoms with Gasteiger partial charge in [0.1, 0.15) is 18.3 Å². The lowest BCUT2D eigenvalue weighted by atomic mass is 9.99. The number of carbonyl (C=O) groups excluding carboxylic acids is 2. The van der Waals surface area contributed by atoms with Crippen molar-refractivity contribution in [1.29, 1.82) is 5.26 Å². The number of fused-ring (bicyclic) bond motifs is 1. The van der Waals surface area contributed by atoms with E-state index in [0.717, 1.165) is 5.56 Å². The molecule has 180 valence electrons. The smallest absolute Gasteiger partial charge is 0.259 e. The summed E-state index contributed by atoms with van der Waals surface area (Å²) in [4.78, 5) is 33.4. The Morgan fingerprint density at radius 3 is 2.71 bits per heavy atom. The van der Waals surface area contributed by atoms with Gasteiger partial charge in [0.05, 0.1) is 30.8 Å². The molecule has 0 fully saturated rings. The lowest BCUT2D eigenvalue weighted by molar-refractivity contribution is -0.135. The fourth-order valence-corrected chi connectivity index (χ4v) is 3.82. The number of hydrogen-bond acceptors (Lipinski definition) is 7. The van der Waals surface area contributed by atoms with Crippen LogP contribution in [0.5, 0.6) is 5.88 Å². The summed E-state index contributed by atoms with van der Waals surface area (Å²) in [6.07, 6.45) is 1.19. The summed E-state index contributed by atoms with van der Waals surface area (Å²) in [5, 5.41) is 18.8. The van der Waals surface area contributed by atoms with Crippen LogP contribution < -0.4 is 4.74 Å². The van der Waals surface area contributed by atoms with Crippen molar-refractivity contribution < 1.29 is 24.2 Å². The van der Waals surface area contributed by atoms with Crippen molar-refractivity contribution in [3.63, 3.8) is 0 Å². The second-order valence-electron chi connectivity index (χ2n) is 8.60. The fraction of sp³-hybridized carbons (Fsp3) is 0.440. The number of aromatic nitrogens is 1. The third-order valence-electron chi connectivity index (χ3n) is 6.02. The number of pyridine rings is 1. The van der Waals surface area contributed by atoms with Gasteiger partial charge >= 0.3 is 0 Å². The standard InChI is InChI=1S/C25H30N4O5/c1-16-12-29(17(2)14-30)25(32)21-9-20(19-7-5-18(10-26)6-8-19)11-27-24(21)34-22(16)13-28(3)23(31)15-33-4/h5-9,11,16-17,22,30H,12-15H2,1-4H3/t16-,17+,22-/m0/s1. The van der Waals surface area contributed by atoms with Crippen molar-refractivity contribution in [2.24, 2.45) is 5.92 Å². The molecule has 1 aliphatic rings. The highest BCUT2D eigenvalue weighted by Gasteiger charge is 2.34. The van der Waals surface area contributed by atoms with E-state index in [1.54, 1.807) is 60.3 Å². The molecule has 1 aromatic carbocycles. The molecule has 34 heavy (non-hydrogen) atoms. The highest BCUT2D eigenvalue weighted by molar-refractivity contribution is 5.98. The maximum Gasteiger partial charge on any atom is 0.259 e. The molecule has 1 N–H and O–H groups in total. The van der Waals surface area contributed by atoms with Crippen LogP contribution in [0.15, 0.2) is 36.5 Å². The Balaban J connectivity index is 2.00. The van der Waals surface area contributed by atoms with Crippen LogP contribution in [0.1, 0.15) is 29.8 Å². The predicted molar refractivity (Wildman–Crippen MR) is 125 cm³/mol. The molecule has 9 nitrogen and oxygen atoms in total. The van der Waals surface area contributed by atoms with E-state index in [1.165, 1.54) is 7.11 Å². The van der Waals surface area contributed by atoms with Crippen molar-refractivity contribution in [1.82, 2.24) is 14.8 Å². The number of likely N-dealkylation sites (N-methyl/N-ethyl adjacent to an activating group) is 1. The van der Waals surface area contributed by atoms with Gasteiger partial charge in [0.25, 0.3) is 5.91 Å². The first-order valence-electron chi connectivity index (χ1n) is 11.1. The van der Waals surface area contributed by atoms with E-state index in [-0.39, 0.29) is 48.9 Å². The molecule has 3 atom stereocenters. The molecule has 0 radical (unpaired) electrons. The molecule has 9 heteroatoms. The largest absolute Gasteiger partial charge is 0.472 e. The molecule has 0 spiro atoms. The summed E-state index contributed by atoms with van der Waals surface area (Å²) in [6, 6.07) is 10.4. The Labute approximate surface area is 199 Å². The van der Waals surface area contributed by atoms with Crippen LogP contribution in [0.3, 0.4) is 0 Å². The molecule has 2 heterocycles. The lowest BCUT2D eigenvalue weighted by Crippen LogP contribution is -2.50. The summed E-state index contributed by atoms with van der Waals surface area (Å²) in [5.74, 6) is -0.416. The summed E-state index contributed by atoms with van der Waals surface area (Å²) >= 11 is 0. The predicted octanol–water partition coefficient (Wildman–Crippen LogP) is 1.95. The molecule has 1 aromatic heterocycles. The number of aliphatic hydroxyl groups excluding tert-OH is 1. The van der Waals surface area contributed by atoms with Crippen molar-refractivity contribution in [2.45, 2.75) is 26.0 Å². The average Bonchev–Trinajstić information content (AvgIpc) is 2.85. The summed E-state index contributed by atoms with van der Waals surface area (Å²) in [6.45, 7) is 4.14. The van der Waals surface area contributed by atoms with Crippen LogP contribution in [-0.4, -0.2) is 84.3 Å². The quantitative estimate of drug-likeness (QED) is 0.663. The zero-order valence-corrected chi connectivity index (χ0v) is 19.9. The molecule has 0 bridgehead atoms. The molecular weight excluding hydrogens is 436 g/mol. The van der Waals surface area contributed by atoms with Crippen LogP contribution in [0, 0.1) is 17.2 Å². The van der Waals surface area contributed by atoms with Crippen molar-refractivity contribution in [3.05, 3.63) is 47.7 Å². The Morgan fingerprint density at radius 2 is 2.09 bits per heavy atom. The van der Waals surface area contributed by atoms with E-state index in [9.17, 15) is 14.7 Å². The Hall–Kier alpha value is -3.48. The minimum absolute atomic E-state index is 0.0352. The summed E-state index contributed by atoms with van der Waals surface area (Å²) in [7, 11) is 3.14. The second kappa shape index (κ2) is 11.1. The molecule has 0 aliphatic carbocycles. The lowest BCUT2D eigenvalue weighted by Gasteiger charge is -2.37. The van der Waals surface area contributed by atoms with Gasteiger partial charge in [-0.15, -0.1) is 0 Å². The van der Waals surface area contributed by atoms with E-state index < -0.39 is 12.1 Å². The van der Waals surface area contributed by atoms with Gasteiger partial charge in [-0.25, -0.2) is 4.98 Å². The first-order chi connectivity index (χ1) is 16.3.